The van der Waals surface area contributed by atoms with Crippen LogP contribution in [0.4, 0.5) is 0 Å². The van der Waals surface area contributed by atoms with Crippen LogP contribution in [0.15, 0.2) is 59.1 Å². The maximum Gasteiger partial charge on any atom is 0.173 e. The van der Waals surface area contributed by atoms with Gasteiger partial charge in [0.2, 0.25) is 0 Å². The zero-order valence-corrected chi connectivity index (χ0v) is 12.8. The standard InChI is InChI=1S/C17H15BrO2/c1-12(19)16(11-13-7-9-15(18)10-8-13)17(20)14-5-3-2-4-6-14/h2-10,16H,11H2,1H3/t16-/m1/s1. The molecular weight excluding hydrogens is 316 g/mol. The first kappa shape index (κ1) is 14.7. The zero-order chi connectivity index (χ0) is 14.5. The number of halogens is 1. The molecule has 20 heavy (non-hydrogen) atoms. The van der Waals surface area contributed by atoms with Gasteiger partial charge in [0.15, 0.2) is 5.78 Å². The third kappa shape index (κ3) is 3.64. The van der Waals surface area contributed by atoms with Crippen LogP contribution < -0.4 is 0 Å². The van der Waals surface area contributed by atoms with Gasteiger partial charge in [-0.15, -0.1) is 0 Å². The van der Waals surface area contributed by atoms with Crippen molar-refractivity contribution in [2.24, 2.45) is 5.92 Å². The molecule has 0 saturated heterocycles. The maximum absolute atomic E-state index is 12.4. The molecule has 2 rings (SSSR count). The van der Waals surface area contributed by atoms with Gasteiger partial charge in [-0.2, -0.15) is 0 Å². The Balaban J connectivity index is 2.21. The lowest BCUT2D eigenvalue weighted by Gasteiger charge is -2.13. The van der Waals surface area contributed by atoms with Crippen LogP contribution in [0.3, 0.4) is 0 Å². The number of benzene rings is 2. The third-order valence-electron chi connectivity index (χ3n) is 3.22. The molecule has 0 radical (unpaired) electrons. The van der Waals surface area contributed by atoms with Gasteiger partial charge in [-0.05, 0) is 31.0 Å². The molecular formula is C17H15BrO2. The lowest BCUT2D eigenvalue weighted by molar-refractivity contribution is -0.119. The number of hydrogen-bond acceptors (Lipinski definition) is 2. The number of hydrogen-bond donors (Lipinski definition) is 0. The highest BCUT2D eigenvalue weighted by atomic mass is 79.9. The summed E-state index contributed by atoms with van der Waals surface area (Å²) in [7, 11) is 0. The topological polar surface area (TPSA) is 34.1 Å². The molecule has 0 spiro atoms. The van der Waals surface area contributed by atoms with Crippen LogP contribution >= 0.6 is 15.9 Å². The van der Waals surface area contributed by atoms with Crippen molar-refractivity contribution >= 4 is 27.5 Å². The van der Waals surface area contributed by atoms with Crippen molar-refractivity contribution in [2.45, 2.75) is 13.3 Å². The van der Waals surface area contributed by atoms with Crippen LogP contribution in [0.1, 0.15) is 22.8 Å². The van der Waals surface area contributed by atoms with Crippen LogP contribution in [0, 0.1) is 5.92 Å². The molecule has 0 saturated carbocycles. The molecule has 0 heterocycles. The quantitative estimate of drug-likeness (QED) is 0.611. The average Bonchev–Trinajstić information content (AvgIpc) is 2.46. The summed E-state index contributed by atoms with van der Waals surface area (Å²) in [5, 5.41) is 0. The van der Waals surface area contributed by atoms with E-state index in [1.54, 1.807) is 12.1 Å². The molecule has 2 nitrogen and oxygen atoms in total. The first-order valence-electron chi connectivity index (χ1n) is 6.42. The van der Waals surface area contributed by atoms with E-state index in [1.807, 2.05) is 42.5 Å². The van der Waals surface area contributed by atoms with Crippen molar-refractivity contribution in [3.63, 3.8) is 0 Å². The van der Waals surface area contributed by atoms with E-state index in [2.05, 4.69) is 15.9 Å². The average molecular weight is 331 g/mol. The number of carbonyl (C=O) groups excluding carboxylic acids is 2. The highest BCUT2D eigenvalue weighted by Gasteiger charge is 2.24. The molecule has 2 aromatic rings. The van der Waals surface area contributed by atoms with Crippen LogP contribution in [0.25, 0.3) is 0 Å². The van der Waals surface area contributed by atoms with Crippen LogP contribution in [-0.2, 0) is 11.2 Å². The van der Waals surface area contributed by atoms with Crippen LogP contribution in [-0.4, -0.2) is 11.6 Å². The van der Waals surface area contributed by atoms with Gasteiger partial charge in [-0.25, -0.2) is 0 Å². The van der Waals surface area contributed by atoms with E-state index in [0.717, 1.165) is 10.0 Å². The molecule has 0 aliphatic heterocycles. The molecule has 0 amide bonds. The smallest absolute Gasteiger partial charge is 0.173 e. The summed E-state index contributed by atoms with van der Waals surface area (Å²) in [6.45, 7) is 1.48. The fourth-order valence-corrected chi connectivity index (χ4v) is 2.35. The van der Waals surface area contributed by atoms with Crippen molar-refractivity contribution < 1.29 is 9.59 Å². The highest BCUT2D eigenvalue weighted by Crippen LogP contribution is 2.18. The van der Waals surface area contributed by atoms with Gasteiger partial charge in [-0.3, -0.25) is 9.59 Å². The van der Waals surface area contributed by atoms with Crippen molar-refractivity contribution in [3.05, 3.63) is 70.2 Å². The van der Waals surface area contributed by atoms with E-state index in [9.17, 15) is 9.59 Å². The predicted molar refractivity (Wildman–Crippen MR) is 82.8 cm³/mol. The van der Waals surface area contributed by atoms with Gasteiger partial charge in [0, 0.05) is 10.0 Å². The van der Waals surface area contributed by atoms with Gasteiger partial charge < -0.3 is 0 Å². The predicted octanol–water partition coefficient (Wildman–Crippen LogP) is 4.08. The highest BCUT2D eigenvalue weighted by molar-refractivity contribution is 9.10. The second-order valence-corrected chi connectivity index (χ2v) is 5.64. The van der Waals surface area contributed by atoms with Crippen molar-refractivity contribution in [2.75, 3.05) is 0 Å². The Labute approximate surface area is 127 Å². The van der Waals surface area contributed by atoms with Crippen molar-refractivity contribution in [3.8, 4) is 0 Å². The Morgan fingerprint density at radius 3 is 2.15 bits per heavy atom. The Morgan fingerprint density at radius 2 is 1.60 bits per heavy atom. The van der Waals surface area contributed by atoms with Gasteiger partial charge >= 0.3 is 0 Å². The molecule has 0 aliphatic carbocycles. The van der Waals surface area contributed by atoms with E-state index in [1.165, 1.54) is 6.92 Å². The van der Waals surface area contributed by atoms with E-state index < -0.39 is 5.92 Å². The minimum Gasteiger partial charge on any atom is -0.299 e. The fourth-order valence-electron chi connectivity index (χ4n) is 2.08. The lowest BCUT2D eigenvalue weighted by atomic mass is 9.88. The van der Waals surface area contributed by atoms with Crippen LogP contribution in [0.2, 0.25) is 0 Å². The fraction of sp³-hybridized carbons (Fsp3) is 0.176. The molecule has 0 fully saturated rings. The number of Topliss-reactive ketones (excluding diaryl/α,β-unsaturated/α-hetero) is 2. The molecule has 0 N–H and O–H groups in total. The summed E-state index contributed by atoms with van der Waals surface area (Å²) in [4.78, 5) is 24.2. The SMILES string of the molecule is CC(=O)[C@@H](Cc1ccc(Br)cc1)C(=O)c1ccccc1. The summed E-state index contributed by atoms with van der Waals surface area (Å²) in [6.07, 6.45) is 0.441. The molecule has 0 aliphatic rings. The van der Waals surface area contributed by atoms with E-state index in [-0.39, 0.29) is 11.6 Å². The number of ketones is 2. The lowest BCUT2D eigenvalue weighted by Crippen LogP contribution is -2.24. The molecule has 0 aromatic heterocycles. The third-order valence-corrected chi connectivity index (χ3v) is 3.75. The first-order chi connectivity index (χ1) is 9.58. The molecule has 2 aromatic carbocycles. The summed E-state index contributed by atoms with van der Waals surface area (Å²) in [5.74, 6) is -0.818. The largest absolute Gasteiger partial charge is 0.299 e. The molecule has 102 valence electrons. The molecule has 1 atom stereocenters. The summed E-state index contributed by atoms with van der Waals surface area (Å²) >= 11 is 3.37. The second kappa shape index (κ2) is 6.62. The van der Waals surface area contributed by atoms with Gasteiger partial charge in [0.25, 0.3) is 0 Å². The minimum atomic E-state index is -0.612. The second-order valence-electron chi connectivity index (χ2n) is 4.72. The molecule has 0 bridgehead atoms. The zero-order valence-electron chi connectivity index (χ0n) is 11.2. The first-order valence-corrected chi connectivity index (χ1v) is 7.21. The summed E-state index contributed by atoms with van der Waals surface area (Å²) in [5.41, 5.74) is 1.57. The minimum absolute atomic E-state index is 0.0956. The number of carbonyl (C=O) groups is 2. The van der Waals surface area contributed by atoms with E-state index in [0.29, 0.717) is 12.0 Å². The van der Waals surface area contributed by atoms with E-state index in [4.69, 9.17) is 0 Å². The Morgan fingerprint density at radius 1 is 1.00 bits per heavy atom. The Hall–Kier alpha value is -1.74. The van der Waals surface area contributed by atoms with Gasteiger partial charge in [0.05, 0.1) is 5.92 Å². The monoisotopic (exact) mass is 330 g/mol. The Bertz CT molecular complexity index is 603. The molecule has 3 heteroatoms. The summed E-state index contributed by atoms with van der Waals surface area (Å²) < 4.78 is 0.981. The Kier molecular flexibility index (Phi) is 4.85. The van der Waals surface area contributed by atoms with Gasteiger partial charge in [-0.1, -0.05) is 58.4 Å². The number of rotatable bonds is 5. The van der Waals surface area contributed by atoms with Crippen LogP contribution in [0.5, 0.6) is 0 Å². The van der Waals surface area contributed by atoms with E-state index >= 15 is 0 Å². The van der Waals surface area contributed by atoms with Gasteiger partial charge in [0.1, 0.15) is 5.78 Å². The van der Waals surface area contributed by atoms with Crippen molar-refractivity contribution in [1.82, 2.24) is 0 Å². The van der Waals surface area contributed by atoms with Crippen molar-refractivity contribution in [1.29, 1.82) is 0 Å². The summed E-state index contributed by atoms with van der Waals surface area (Å²) in [6, 6.07) is 16.7. The normalized spacial score (nSPS) is 11.9. The molecule has 0 unspecified atom stereocenters. The maximum atomic E-state index is 12.4.